The van der Waals surface area contributed by atoms with Crippen LogP contribution in [0.5, 0.6) is 0 Å². The topological polar surface area (TPSA) is 77.3 Å². The Morgan fingerprint density at radius 1 is 1.14 bits per heavy atom. The highest BCUT2D eigenvalue weighted by Crippen LogP contribution is 2.19. The second kappa shape index (κ2) is 9.00. The van der Waals surface area contributed by atoms with Crippen LogP contribution in [-0.4, -0.2) is 60.3 Å². The molecule has 0 radical (unpaired) electrons. The minimum absolute atomic E-state index is 0.375. The van der Waals surface area contributed by atoms with Gasteiger partial charge in [-0.25, -0.2) is 4.98 Å². The number of ether oxygens (including phenoxy) is 1. The predicted molar refractivity (Wildman–Crippen MR) is 108 cm³/mol. The van der Waals surface area contributed by atoms with Gasteiger partial charge in [-0.15, -0.1) is 0 Å². The number of aromatic nitrogens is 2. The molecule has 146 valence electrons. The maximum Gasteiger partial charge on any atom is 0.227 e. The highest BCUT2D eigenvalue weighted by Gasteiger charge is 2.21. The van der Waals surface area contributed by atoms with Crippen LogP contribution in [0.3, 0.4) is 0 Å². The van der Waals surface area contributed by atoms with Crippen molar-refractivity contribution in [3.8, 4) is 6.07 Å². The number of nitrogens with zero attached hydrogens (tertiary/aromatic N) is 5. The summed E-state index contributed by atoms with van der Waals surface area (Å²) >= 11 is 0. The molecule has 4 rings (SSSR count). The summed E-state index contributed by atoms with van der Waals surface area (Å²) in [4.78, 5) is 13.8. The van der Waals surface area contributed by atoms with Crippen LogP contribution in [0, 0.1) is 11.3 Å². The van der Waals surface area contributed by atoms with E-state index in [-0.39, 0.29) is 0 Å². The summed E-state index contributed by atoms with van der Waals surface area (Å²) in [6.07, 6.45) is 4.13. The number of rotatable bonds is 5. The van der Waals surface area contributed by atoms with Gasteiger partial charge in [0.2, 0.25) is 5.95 Å². The van der Waals surface area contributed by atoms with E-state index >= 15 is 0 Å². The summed E-state index contributed by atoms with van der Waals surface area (Å²) in [5.74, 6) is 1.67. The lowest BCUT2D eigenvalue weighted by Crippen LogP contribution is -2.42. The summed E-state index contributed by atoms with van der Waals surface area (Å²) < 4.78 is 5.41. The lowest BCUT2D eigenvalue weighted by molar-refractivity contribution is 0.122. The largest absolute Gasteiger partial charge is 0.378 e. The number of nitrogens with one attached hydrogen (secondary N) is 1. The molecule has 3 heterocycles. The molecule has 1 aromatic heterocycles. The van der Waals surface area contributed by atoms with E-state index in [1.54, 1.807) is 0 Å². The summed E-state index contributed by atoms with van der Waals surface area (Å²) in [6, 6.07) is 12.4. The van der Waals surface area contributed by atoms with Gasteiger partial charge < -0.3 is 15.0 Å². The van der Waals surface area contributed by atoms with Crippen molar-refractivity contribution in [1.82, 2.24) is 14.9 Å². The summed E-state index contributed by atoms with van der Waals surface area (Å²) in [7, 11) is 0. The third kappa shape index (κ3) is 4.77. The van der Waals surface area contributed by atoms with Crippen LogP contribution >= 0.6 is 0 Å². The molecular weight excluding hydrogens is 352 g/mol. The van der Waals surface area contributed by atoms with Crippen LogP contribution in [0.4, 0.5) is 11.8 Å². The van der Waals surface area contributed by atoms with Crippen molar-refractivity contribution in [2.75, 3.05) is 49.6 Å². The molecule has 0 amide bonds. The van der Waals surface area contributed by atoms with Crippen LogP contribution < -0.4 is 10.2 Å². The summed E-state index contributed by atoms with van der Waals surface area (Å²) in [5.41, 5.74) is 1.96. The van der Waals surface area contributed by atoms with Crippen molar-refractivity contribution in [1.29, 1.82) is 5.26 Å². The Labute approximate surface area is 166 Å². The molecule has 1 aromatic carbocycles. The quantitative estimate of drug-likeness (QED) is 0.855. The lowest BCUT2D eigenvalue weighted by Gasteiger charge is -2.33. The maximum absolute atomic E-state index is 8.94. The Morgan fingerprint density at radius 3 is 2.75 bits per heavy atom. The number of piperidine rings is 1. The van der Waals surface area contributed by atoms with Gasteiger partial charge in [0, 0.05) is 38.4 Å². The molecule has 2 aromatic rings. The molecule has 7 nitrogen and oxygen atoms in total. The first-order valence-corrected chi connectivity index (χ1v) is 9.94. The van der Waals surface area contributed by atoms with E-state index < -0.39 is 0 Å². The molecule has 2 fully saturated rings. The van der Waals surface area contributed by atoms with Crippen molar-refractivity contribution in [3.05, 3.63) is 47.7 Å². The minimum atomic E-state index is 0.375. The third-order valence-electron chi connectivity index (χ3n) is 5.28. The van der Waals surface area contributed by atoms with Crippen molar-refractivity contribution in [2.45, 2.75) is 25.4 Å². The normalized spacial score (nSPS) is 20.5. The van der Waals surface area contributed by atoms with E-state index in [0.29, 0.717) is 11.6 Å². The van der Waals surface area contributed by atoms with E-state index in [1.807, 2.05) is 24.4 Å². The Bertz CT molecular complexity index is 812. The second-order valence-corrected chi connectivity index (χ2v) is 7.37. The first-order valence-electron chi connectivity index (χ1n) is 9.94. The van der Waals surface area contributed by atoms with Gasteiger partial charge in [0.15, 0.2) is 0 Å². The molecule has 2 saturated heterocycles. The molecule has 2 aliphatic heterocycles. The zero-order valence-electron chi connectivity index (χ0n) is 16.0. The summed E-state index contributed by atoms with van der Waals surface area (Å²) in [5, 5.41) is 12.5. The van der Waals surface area contributed by atoms with Gasteiger partial charge in [0.25, 0.3) is 0 Å². The standard InChI is InChI=1S/C21H26N6O/c22-14-17-3-5-18(6-4-17)15-26-9-1-2-19(16-26)24-20-7-8-23-21(25-20)27-10-12-28-13-11-27/h3-8,19H,1-2,9-13,15-16H2,(H,23,24,25). The van der Waals surface area contributed by atoms with Crippen LogP contribution in [0.1, 0.15) is 24.0 Å². The number of hydrogen-bond donors (Lipinski definition) is 1. The number of benzene rings is 1. The van der Waals surface area contributed by atoms with Crippen LogP contribution in [0.15, 0.2) is 36.5 Å². The van der Waals surface area contributed by atoms with Crippen LogP contribution in [0.2, 0.25) is 0 Å². The monoisotopic (exact) mass is 378 g/mol. The summed E-state index contributed by atoms with van der Waals surface area (Å²) in [6.45, 7) is 6.13. The minimum Gasteiger partial charge on any atom is -0.378 e. The van der Waals surface area contributed by atoms with Crippen molar-refractivity contribution < 1.29 is 4.74 Å². The second-order valence-electron chi connectivity index (χ2n) is 7.37. The number of hydrogen-bond acceptors (Lipinski definition) is 7. The maximum atomic E-state index is 8.94. The van der Waals surface area contributed by atoms with Gasteiger partial charge >= 0.3 is 0 Å². The fourth-order valence-corrected chi connectivity index (χ4v) is 3.81. The first kappa shape index (κ1) is 18.7. The fraction of sp³-hybridized carbons (Fsp3) is 0.476. The van der Waals surface area contributed by atoms with E-state index in [1.165, 1.54) is 5.56 Å². The molecular formula is C21H26N6O. The van der Waals surface area contributed by atoms with Gasteiger partial charge in [0.1, 0.15) is 5.82 Å². The van der Waals surface area contributed by atoms with Crippen molar-refractivity contribution in [2.24, 2.45) is 0 Å². The molecule has 0 aliphatic carbocycles. The SMILES string of the molecule is N#Cc1ccc(CN2CCCC(Nc3ccnc(N4CCOCC4)n3)C2)cc1. The average Bonchev–Trinajstić information content (AvgIpc) is 2.75. The number of anilines is 2. The fourth-order valence-electron chi connectivity index (χ4n) is 3.81. The molecule has 1 N–H and O–H groups in total. The van der Waals surface area contributed by atoms with E-state index in [2.05, 4.69) is 38.3 Å². The molecule has 2 aliphatic rings. The zero-order valence-corrected chi connectivity index (χ0v) is 16.0. The first-order chi connectivity index (χ1) is 13.8. The zero-order chi connectivity index (χ0) is 19.2. The van der Waals surface area contributed by atoms with E-state index in [0.717, 1.165) is 70.5 Å². The Kier molecular flexibility index (Phi) is 6.00. The molecule has 7 heteroatoms. The smallest absolute Gasteiger partial charge is 0.227 e. The van der Waals surface area contributed by atoms with Crippen LogP contribution in [0.25, 0.3) is 0 Å². The van der Waals surface area contributed by atoms with Gasteiger partial charge in [0.05, 0.1) is 24.8 Å². The van der Waals surface area contributed by atoms with Gasteiger partial charge in [-0.3, -0.25) is 4.90 Å². The predicted octanol–water partition coefficient (Wildman–Crippen LogP) is 2.26. The molecule has 28 heavy (non-hydrogen) atoms. The number of nitriles is 1. The van der Waals surface area contributed by atoms with Gasteiger partial charge in [-0.2, -0.15) is 10.2 Å². The van der Waals surface area contributed by atoms with Crippen molar-refractivity contribution >= 4 is 11.8 Å². The number of likely N-dealkylation sites (tertiary alicyclic amines) is 1. The van der Waals surface area contributed by atoms with E-state index in [9.17, 15) is 0 Å². The Hall–Kier alpha value is -2.69. The highest BCUT2D eigenvalue weighted by molar-refractivity contribution is 5.42. The van der Waals surface area contributed by atoms with Gasteiger partial charge in [-0.05, 0) is 43.1 Å². The lowest BCUT2D eigenvalue weighted by atomic mass is 10.0. The van der Waals surface area contributed by atoms with Crippen LogP contribution in [-0.2, 0) is 11.3 Å². The van der Waals surface area contributed by atoms with Gasteiger partial charge in [-0.1, -0.05) is 12.1 Å². The Morgan fingerprint density at radius 2 is 1.96 bits per heavy atom. The molecule has 0 bridgehead atoms. The highest BCUT2D eigenvalue weighted by atomic mass is 16.5. The number of morpholine rings is 1. The molecule has 1 unspecified atom stereocenters. The van der Waals surface area contributed by atoms with Crippen molar-refractivity contribution in [3.63, 3.8) is 0 Å². The van der Waals surface area contributed by atoms with E-state index in [4.69, 9.17) is 15.0 Å². The molecule has 1 atom stereocenters. The molecule has 0 saturated carbocycles. The third-order valence-corrected chi connectivity index (χ3v) is 5.28. The Balaban J connectivity index is 1.35. The molecule has 0 spiro atoms. The average molecular weight is 378 g/mol.